The number of hydrogen-bond donors (Lipinski definition) is 2. The highest BCUT2D eigenvalue weighted by Gasteiger charge is 2.22. The Bertz CT molecular complexity index is 1270. The molecular weight excluding hydrogens is 430 g/mol. The zero-order chi connectivity index (χ0) is 22.8. The molecule has 0 aliphatic carbocycles. The van der Waals surface area contributed by atoms with Gasteiger partial charge in [-0.2, -0.15) is 0 Å². The molecule has 0 amide bonds. The van der Waals surface area contributed by atoms with E-state index < -0.39 is 10.3 Å². The molecule has 7 heteroatoms. The van der Waals surface area contributed by atoms with Crippen molar-refractivity contribution in [3.05, 3.63) is 78.2 Å². The number of rotatable bonds is 7. The van der Waals surface area contributed by atoms with Gasteiger partial charge in [0.2, 0.25) is 0 Å². The minimum atomic E-state index is -1.71. The Labute approximate surface area is 196 Å². The van der Waals surface area contributed by atoms with Gasteiger partial charge in [0, 0.05) is 44.5 Å². The summed E-state index contributed by atoms with van der Waals surface area (Å²) in [7, 11) is 0.297. The molecule has 2 aromatic heterocycles. The van der Waals surface area contributed by atoms with Crippen LogP contribution in [0, 0.1) is 0 Å². The summed E-state index contributed by atoms with van der Waals surface area (Å²) >= 11 is 0. The Morgan fingerprint density at radius 1 is 1.03 bits per heavy atom. The molecule has 5 rings (SSSR count). The van der Waals surface area contributed by atoms with Crippen LogP contribution in [0.5, 0.6) is 0 Å². The lowest BCUT2D eigenvalue weighted by molar-refractivity contribution is 0.293. The average molecular weight is 462 g/mol. The Morgan fingerprint density at radius 3 is 2.73 bits per heavy atom. The van der Waals surface area contributed by atoms with Crippen molar-refractivity contribution >= 4 is 27.2 Å². The molecule has 33 heavy (non-hydrogen) atoms. The number of benzene rings is 2. The lowest BCUT2D eigenvalue weighted by atomic mass is 10.0. The second kappa shape index (κ2) is 9.17. The minimum Gasteiger partial charge on any atom is -0.369 e. The molecule has 0 saturated heterocycles. The first-order valence-corrected chi connectivity index (χ1v) is 13.7. The molecule has 4 aromatic rings. The van der Waals surface area contributed by atoms with Crippen LogP contribution in [0.4, 0.5) is 5.82 Å². The van der Waals surface area contributed by atoms with E-state index in [0.717, 1.165) is 59.1 Å². The summed E-state index contributed by atoms with van der Waals surface area (Å²) < 4.78 is 13.1. The van der Waals surface area contributed by atoms with Gasteiger partial charge in [-0.15, -0.1) is 10.3 Å². The number of hydrogen-bond acceptors (Lipinski definition) is 5. The first-order chi connectivity index (χ1) is 16.0. The third-order valence-corrected chi connectivity index (χ3v) is 8.34. The maximum absolute atomic E-state index is 11.1. The first-order valence-electron chi connectivity index (χ1n) is 11.3. The SMILES string of the molecule is Cn1cnc2ccc(-c3ccnc(NCCS(C)(O)CN4CCc5ccccc5C4)c3)cc21. The van der Waals surface area contributed by atoms with E-state index in [4.69, 9.17) is 0 Å². The van der Waals surface area contributed by atoms with Crippen LogP contribution >= 0.6 is 10.3 Å². The Kier molecular flexibility index (Phi) is 6.10. The number of nitrogens with one attached hydrogen (secondary N) is 1. The smallest absolute Gasteiger partial charge is 0.126 e. The van der Waals surface area contributed by atoms with Crippen LogP contribution in [-0.4, -0.2) is 55.0 Å². The number of imidazole rings is 1. The van der Waals surface area contributed by atoms with Gasteiger partial charge in [-0.1, -0.05) is 30.3 Å². The van der Waals surface area contributed by atoms with Crippen molar-refractivity contribution in [2.45, 2.75) is 13.0 Å². The fourth-order valence-electron chi connectivity index (χ4n) is 4.53. The van der Waals surface area contributed by atoms with E-state index in [9.17, 15) is 4.55 Å². The second-order valence-corrected chi connectivity index (χ2v) is 12.2. The highest BCUT2D eigenvalue weighted by atomic mass is 32.3. The Balaban J connectivity index is 1.19. The summed E-state index contributed by atoms with van der Waals surface area (Å²) in [6.45, 7) is 2.64. The van der Waals surface area contributed by atoms with E-state index in [1.54, 1.807) is 0 Å². The fourth-order valence-corrected chi connectivity index (χ4v) is 6.21. The van der Waals surface area contributed by atoms with Crippen LogP contribution in [0.25, 0.3) is 22.2 Å². The standard InChI is InChI=1S/C26H31N5OS/c1-30-18-29-24-8-7-21(15-25(24)30)22-9-11-27-26(16-22)28-12-14-33(2,32)19-31-13-10-20-5-3-4-6-23(20)17-31/h3-9,11,15-16,18,32H,10,12-14,17,19H2,1-2H3,(H,27,28). The molecule has 0 radical (unpaired) electrons. The predicted molar refractivity (Wildman–Crippen MR) is 139 cm³/mol. The summed E-state index contributed by atoms with van der Waals surface area (Å²) in [6.07, 6.45) is 6.75. The molecule has 6 nitrogen and oxygen atoms in total. The van der Waals surface area contributed by atoms with Crippen molar-refractivity contribution in [1.82, 2.24) is 19.4 Å². The number of nitrogens with zero attached hydrogens (tertiary/aromatic N) is 4. The monoisotopic (exact) mass is 461 g/mol. The predicted octanol–water partition coefficient (Wildman–Crippen LogP) is 4.97. The lowest BCUT2D eigenvalue weighted by Crippen LogP contribution is -2.34. The normalized spacial score (nSPS) is 16.8. The van der Waals surface area contributed by atoms with Crippen LogP contribution < -0.4 is 5.32 Å². The Hall–Kier alpha value is -2.87. The highest BCUT2D eigenvalue weighted by molar-refractivity contribution is 8.28. The van der Waals surface area contributed by atoms with Gasteiger partial charge in [-0.25, -0.2) is 9.97 Å². The summed E-state index contributed by atoms with van der Waals surface area (Å²) in [4.78, 5) is 11.3. The van der Waals surface area contributed by atoms with E-state index >= 15 is 0 Å². The lowest BCUT2D eigenvalue weighted by Gasteiger charge is -2.38. The molecule has 3 heterocycles. The summed E-state index contributed by atoms with van der Waals surface area (Å²) in [5.41, 5.74) is 7.19. The van der Waals surface area contributed by atoms with Gasteiger partial charge in [0.1, 0.15) is 5.82 Å². The molecule has 2 aromatic carbocycles. The van der Waals surface area contributed by atoms with Crippen molar-refractivity contribution in [1.29, 1.82) is 0 Å². The summed E-state index contributed by atoms with van der Waals surface area (Å²) in [5, 5.41) is 3.42. The third-order valence-electron chi connectivity index (χ3n) is 6.34. The summed E-state index contributed by atoms with van der Waals surface area (Å²) in [5.74, 6) is 2.32. The van der Waals surface area contributed by atoms with Crippen LogP contribution in [-0.2, 0) is 20.0 Å². The van der Waals surface area contributed by atoms with E-state index in [-0.39, 0.29) is 0 Å². The van der Waals surface area contributed by atoms with Crippen molar-refractivity contribution in [2.75, 3.05) is 36.3 Å². The molecule has 1 aliphatic rings. The van der Waals surface area contributed by atoms with Crippen molar-refractivity contribution < 1.29 is 4.55 Å². The molecule has 0 saturated carbocycles. The van der Waals surface area contributed by atoms with Crippen LogP contribution in [0.3, 0.4) is 0 Å². The van der Waals surface area contributed by atoms with E-state index in [2.05, 4.69) is 68.7 Å². The number of aryl methyl sites for hydroxylation is 1. The van der Waals surface area contributed by atoms with Gasteiger partial charge in [0.15, 0.2) is 0 Å². The Morgan fingerprint density at radius 2 is 1.85 bits per heavy atom. The molecule has 0 spiro atoms. The quantitative estimate of drug-likeness (QED) is 0.407. The number of pyridine rings is 1. The van der Waals surface area contributed by atoms with Crippen LogP contribution in [0.1, 0.15) is 11.1 Å². The van der Waals surface area contributed by atoms with Gasteiger partial charge in [0.05, 0.1) is 17.4 Å². The first kappa shape index (κ1) is 21.9. The highest BCUT2D eigenvalue weighted by Crippen LogP contribution is 2.40. The van der Waals surface area contributed by atoms with Crippen LogP contribution in [0.15, 0.2) is 67.1 Å². The van der Waals surface area contributed by atoms with Crippen molar-refractivity contribution in [2.24, 2.45) is 7.05 Å². The zero-order valence-electron chi connectivity index (χ0n) is 19.2. The largest absolute Gasteiger partial charge is 0.369 e. The van der Waals surface area contributed by atoms with Gasteiger partial charge in [0.25, 0.3) is 0 Å². The van der Waals surface area contributed by atoms with Crippen LogP contribution in [0.2, 0.25) is 0 Å². The fraction of sp³-hybridized carbons (Fsp3) is 0.308. The topological polar surface area (TPSA) is 66.2 Å². The molecule has 1 unspecified atom stereocenters. The third kappa shape index (κ3) is 5.05. The zero-order valence-corrected chi connectivity index (χ0v) is 20.1. The van der Waals surface area contributed by atoms with Crippen molar-refractivity contribution in [3.63, 3.8) is 0 Å². The van der Waals surface area contributed by atoms with E-state index in [1.165, 1.54) is 11.1 Å². The molecule has 0 bridgehead atoms. The van der Waals surface area contributed by atoms with Crippen molar-refractivity contribution in [3.8, 4) is 11.1 Å². The maximum atomic E-state index is 11.1. The van der Waals surface area contributed by atoms with Gasteiger partial charge < -0.3 is 14.4 Å². The molecule has 1 aliphatic heterocycles. The number of fused-ring (bicyclic) bond motifs is 2. The minimum absolute atomic E-state index is 0.698. The van der Waals surface area contributed by atoms with Gasteiger partial charge in [-0.05, 0) is 59.2 Å². The number of aromatic nitrogens is 3. The molecule has 1 atom stereocenters. The van der Waals surface area contributed by atoms with Gasteiger partial charge in [-0.3, -0.25) is 4.90 Å². The maximum Gasteiger partial charge on any atom is 0.126 e. The number of anilines is 1. The van der Waals surface area contributed by atoms with Gasteiger partial charge >= 0.3 is 0 Å². The summed E-state index contributed by atoms with van der Waals surface area (Å²) in [6, 6.07) is 19.1. The molecule has 172 valence electrons. The van der Waals surface area contributed by atoms with E-state index in [0.29, 0.717) is 6.54 Å². The molecule has 2 N–H and O–H groups in total. The average Bonchev–Trinajstić information content (AvgIpc) is 3.19. The van der Waals surface area contributed by atoms with E-state index in [1.807, 2.05) is 36.5 Å². The molecule has 0 fully saturated rings. The second-order valence-electron chi connectivity index (χ2n) is 9.04. The molecular formula is C26H31N5OS.